The predicted molar refractivity (Wildman–Crippen MR) is 114 cm³/mol. The van der Waals surface area contributed by atoms with Crippen LogP contribution in [0.5, 0.6) is 5.88 Å². The van der Waals surface area contributed by atoms with Gasteiger partial charge in [0.1, 0.15) is 6.10 Å². The number of pyridine rings is 1. The number of carbonyl (C=O) groups is 1. The fraction of sp³-hybridized carbons (Fsp3) is 0.478. The van der Waals surface area contributed by atoms with Crippen LogP contribution in [0.15, 0.2) is 36.5 Å². The Balaban J connectivity index is 1.34. The number of fused-ring (bicyclic) bond motifs is 1. The molecular weight excluding hydrogens is 404 g/mol. The van der Waals surface area contributed by atoms with Gasteiger partial charge in [-0.3, -0.25) is 4.79 Å². The van der Waals surface area contributed by atoms with Gasteiger partial charge >= 0.3 is 0 Å². The standard InChI is InChI=1S/C23H27ClN2O4/c24-19-14-26-23(30-17-7-9-29-10-8-17)12-18(19)21(27)5-6-22(28)20-11-15-3-1-2-4-16(15)13-25-20/h1-4,12,14,17,20,22,25,28H,5-11,13H2/t20-,22+/m0/s1. The zero-order valence-corrected chi connectivity index (χ0v) is 17.6. The predicted octanol–water partition coefficient (Wildman–Crippen LogP) is 3.33. The molecule has 30 heavy (non-hydrogen) atoms. The van der Waals surface area contributed by atoms with E-state index in [1.165, 1.54) is 17.3 Å². The number of aliphatic hydroxyl groups is 1. The summed E-state index contributed by atoms with van der Waals surface area (Å²) >= 11 is 6.22. The molecule has 0 aliphatic carbocycles. The van der Waals surface area contributed by atoms with E-state index in [0.717, 1.165) is 25.8 Å². The first-order valence-corrected chi connectivity index (χ1v) is 10.9. The first kappa shape index (κ1) is 21.2. The minimum atomic E-state index is -0.610. The normalized spacial score (nSPS) is 20.4. The van der Waals surface area contributed by atoms with Crippen LogP contribution >= 0.6 is 11.6 Å². The van der Waals surface area contributed by atoms with Gasteiger partial charge in [0.25, 0.3) is 0 Å². The van der Waals surface area contributed by atoms with Crippen molar-refractivity contribution < 1.29 is 19.4 Å². The highest BCUT2D eigenvalue weighted by Gasteiger charge is 2.25. The van der Waals surface area contributed by atoms with Crippen molar-refractivity contribution in [1.82, 2.24) is 10.3 Å². The molecule has 2 N–H and O–H groups in total. The van der Waals surface area contributed by atoms with Gasteiger partial charge in [-0.05, 0) is 24.0 Å². The summed E-state index contributed by atoms with van der Waals surface area (Å²) in [4.78, 5) is 17.0. The minimum Gasteiger partial charge on any atom is -0.474 e. The van der Waals surface area contributed by atoms with Crippen LogP contribution in [0.25, 0.3) is 0 Å². The number of ether oxygens (including phenoxy) is 2. The lowest BCUT2D eigenvalue weighted by atomic mass is 9.91. The monoisotopic (exact) mass is 430 g/mol. The lowest BCUT2D eigenvalue weighted by Gasteiger charge is -2.29. The lowest BCUT2D eigenvalue weighted by molar-refractivity contribution is 0.0237. The molecule has 0 spiro atoms. The Hall–Kier alpha value is -1.99. The van der Waals surface area contributed by atoms with Crippen molar-refractivity contribution in [2.75, 3.05) is 13.2 Å². The minimum absolute atomic E-state index is 0.0393. The Morgan fingerprint density at radius 1 is 1.30 bits per heavy atom. The lowest BCUT2D eigenvalue weighted by Crippen LogP contribution is -2.44. The van der Waals surface area contributed by atoms with Gasteiger partial charge in [0.05, 0.1) is 30.5 Å². The number of halogens is 1. The molecule has 0 unspecified atom stereocenters. The number of carbonyl (C=O) groups excluding carboxylic acids is 1. The fourth-order valence-electron chi connectivity index (χ4n) is 4.03. The van der Waals surface area contributed by atoms with E-state index in [1.54, 1.807) is 6.07 Å². The van der Waals surface area contributed by atoms with Gasteiger partial charge in [-0.25, -0.2) is 4.98 Å². The van der Waals surface area contributed by atoms with Crippen LogP contribution in [0.4, 0.5) is 0 Å². The average Bonchev–Trinajstić information content (AvgIpc) is 2.79. The molecule has 2 aliphatic rings. The highest BCUT2D eigenvalue weighted by Crippen LogP contribution is 2.25. The number of hydrogen-bond donors (Lipinski definition) is 2. The average molecular weight is 431 g/mol. The summed E-state index contributed by atoms with van der Waals surface area (Å²) in [6.45, 7) is 2.07. The first-order chi connectivity index (χ1) is 14.6. The van der Waals surface area contributed by atoms with Gasteiger partial charge in [-0.15, -0.1) is 0 Å². The SMILES string of the molecule is O=C(CC[C@@H](O)[C@@H]1Cc2ccccc2CN1)c1cc(OC2CCOCC2)ncc1Cl. The van der Waals surface area contributed by atoms with Gasteiger partial charge in [-0.1, -0.05) is 35.9 Å². The molecule has 3 heterocycles. The largest absolute Gasteiger partial charge is 0.474 e. The Kier molecular flexibility index (Phi) is 7.00. The van der Waals surface area contributed by atoms with Gasteiger partial charge in [0, 0.05) is 43.5 Å². The van der Waals surface area contributed by atoms with Crippen molar-refractivity contribution >= 4 is 17.4 Å². The summed E-state index contributed by atoms with van der Waals surface area (Å²) in [6.07, 6.45) is 3.83. The third kappa shape index (κ3) is 5.19. The quantitative estimate of drug-likeness (QED) is 0.656. The van der Waals surface area contributed by atoms with Crippen molar-refractivity contribution in [1.29, 1.82) is 0 Å². The highest BCUT2D eigenvalue weighted by molar-refractivity contribution is 6.33. The molecule has 0 bridgehead atoms. The van der Waals surface area contributed by atoms with E-state index in [2.05, 4.69) is 22.4 Å². The maximum Gasteiger partial charge on any atom is 0.214 e. The van der Waals surface area contributed by atoms with Crippen LogP contribution in [-0.4, -0.2) is 47.3 Å². The van der Waals surface area contributed by atoms with Crippen molar-refractivity contribution in [2.45, 2.75) is 56.9 Å². The summed E-state index contributed by atoms with van der Waals surface area (Å²) < 4.78 is 11.2. The second-order valence-corrected chi connectivity index (χ2v) is 8.33. The Labute approximate surface area is 181 Å². The van der Waals surface area contributed by atoms with E-state index < -0.39 is 6.10 Å². The van der Waals surface area contributed by atoms with Crippen molar-refractivity contribution in [3.05, 3.63) is 58.2 Å². The molecule has 1 fully saturated rings. The molecule has 2 aliphatic heterocycles. The summed E-state index contributed by atoms with van der Waals surface area (Å²) in [5, 5.41) is 14.3. The highest BCUT2D eigenvalue weighted by atomic mass is 35.5. The van der Waals surface area contributed by atoms with Crippen molar-refractivity contribution in [2.24, 2.45) is 0 Å². The van der Waals surface area contributed by atoms with Crippen LogP contribution in [0.1, 0.15) is 47.2 Å². The van der Waals surface area contributed by atoms with E-state index in [0.29, 0.717) is 36.1 Å². The number of Topliss-reactive ketones (excluding diaryl/α,β-unsaturated/α-hetero) is 1. The number of benzene rings is 1. The van der Waals surface area contributed by atoms with Gasteiger partial charge in [-0.2, -0.15) is 0 Å². The number of nitrogens with one attached hydrogen (secondary N) is 1. The van der Waals surface area contributed by atoms with Crippen LogP contribution in [0.3, 0.4) is 0 Å². The molecule has 0 radical (unpaired) electrons. The number of hydrogen-bond acceptors (Lipinski definition) is 6. The zero-order valence-electron chi connectivity index (χ0n) is 16.9. The molecule has 1 aromatic heterocycles. The maximum atomic E-state index is 12.8. The topological polar surface area (TPSA) is 80.7 Å². The molecule has 7 heteroatoms. The molecule has 2 aromatic rings. The van der Waals surface area contributed by atoms with Gasteiger partial charge < -0.3 is 19.9 Å². The third-order valence-corrected chi connectivity index (χ3v) is 6.13. The van der Waals surface area contributed by atoms with Crippen LogP contribution in [0, 0.1) is 0 Å². The number of nitrogens with zero attached hydrogens (tertiary/aromatic N) is 1. The van der Waals surface area contributed by atoms with Gasteiger partial charge in [0.15, 0.2) is 5.78 Å². The first-order valence-electron chi connectivity index (χ1n) is 10.5. The molecule has 4 rings (SSSR count). The smallest absolute Gasteiger partial charge is 0.214 e. The zero-order chi connectivity index (χ0) is 20.9. The van der Waals surface area contributed by atoms with Crippen molar-refractivity contribution in [3.63, 3.8) is 0 Å². The number of aliphatic hydroxyl groups excluding tert-OH is 1. The van der Waals surface area contributed by atoms with Crippen LogP contribution in [0.2, 0.25) is 5.02 Å². The van der Waals surface area contributed by atoms with E-state index in [9.17, 15) is 9.90 Å². The molecule has 2 atom stereocenters. The number of ketones is 1. The van der Waals surface area contributed by atoms with Crippen molar-refractivity contribution in [3.8, 4) is 5.88 Å². The van der Waals surface area contributed by atoms with Crippen LogP contribution < -0.4 is 10.1 Å². The molecule has 6 nitrogen and oxygen atoms in total. The fourth-order valence-corrected chi connectivity index (χ4v) is 4.24. The molecular formula is C23H27ClN2O4. The number of rotatable bonds is 7. The molecule has 160 valence electrons. The molecule has 0 saturated carbocycles. The molecule has 0 amide bonds. The molecule has 1 saturated heterocycles. The summed E-state index contributed by atoms with van der Waals surface area (Å²) in [7, 11) is 0. The van der Waals surface area contributed by atoms with E-state index in [-0.39, 0.29) is 24.3 Å². The third-order valence-electron chi connectivity index (χ3n) is 5.83. The van der Waals surface area contributed by atoms with E-state index >= 15 is 0 Å². The summed E-state index contributed by atoms with van der Waals surface area (Å²) in [6, 6.07) is 9.78. The Bertz CT molecular complexity index is 885. The summed E-state index contributed by atoms with van der Waals surface area (Å²) in [5.41, 5.74) is 2.90. The Morgan fingerprint density at radius 3 is 2.87 bits per heavy atom. The second-order valence-electron chi connectivity index (χ2n) is 7.92. The van der Waals surface area contributed by atoms with Crippen LogP contribution in [-0.2, 0) is 17.7 Å². The van der Waals surface area contributed by atoms with E-state index in [1.807, 2.05) is 12.1 Å². The van der Waals surface area contributed by atoms with E-state index in [4.69, 9.17) is 21.1 Å². The van der Waals surface area contributed by atoms with Gasteiger partial charge in [0.2, 0.25) is 5.88 Å². The summed E-state index contributed by atoms with van der Waals surface area (Å²) in [5.74, 6) is 0.287. The Morgan fingerprint density at radius 2 is 2.07 bits per heavy atom. The second kappa shape index (κ2) is 9.88. The molecule has 1 aromatic carbocycles. The number of aromatic nitrogens is 1. The maximum absolute atomic E-state index is 12.8.